The quantitative estimate of drug-likeness (QED) is 0.719. The highest BCUT2D eigenvalue weighted by atomic mass is 16.5. The third-order valence-corrected chi connectivity index (χ3v) is 2.90. The molecule has 0 saturated carbocycles. The van der Waals surface area contributed by atoms with Crippen molar-refractivity contribution in [2.24, 2.45) is 0 Å². The second kappa shape index (κ2) is 8.56. The lowest BCUT2D eigenvalue weighted by molar-refractivity contribution is -0.120. The monoisotopic (exact) mass is 249 g/mol. The molecule has 0 aromatic heterocycles. The van der Waals surface area contributed by atoms with Gasteiger partial charge in [0.05, 0.1) is 13.5 Å². The van der Waals surface area contributed by atoms with Crippen molar-refractivity contribution in [3.8, 4) is 5.75 Å². The first-order chi connectivity index (χ1) is 8.77. The molecule has 3 heteroatoms. The van der Waals surface area contributed by atoms with E-state index in [4.69, 9.17) is 4.74 Å². The third kappa shape index (κ3) is 5.21. The van der Waals surface area contributed by atoms with Crippen molar-refractivity contribution >= 4 is 5.91 Å². The first-order valence-electron chi connectivity index (χ1n) is 6.66. The standard InChI is InChI=1S/C15H23NO2/c1-3-4-5-8-11-16-15(17)12-13-9-6-7-10-14(13)18-2/h6-7,9-10H,3-5,8,11-12H2,1-2H3,(H,16,17). The molecule has 3 nitrogen and oxygen atoms in total. The Morgan fingerprint density at radius 2 is 2.00 bits per heavy atom. The topological polar surface area (TPSA) is 38.3 Å². The van der Waals surface area contributed by atoms with Crippen LogP contribution in [0.5, 0.6) is 5.75 Å². The van der Waals surface area contributed by atoms with Gasteiger partial charge in [-0.3, -0.25) is 4.79 Å². The lowest BCUT2D eigenvalue weighted by atomic mass is 10.1. The summed E-state index contributed by atoms with van der Waals surface area (Å²) in [6.07, 6.45) is 5.09. The average molecular weight is 249 g/mol. The Morgan fingerprint density at radius 3 is 2.72 bits per heavy atom. The van der Waals surface area contributed by atoms with Crippen molar-refractivity contribution in [2.75, 3.05) is 13.7 Å². The molecule has 1 amide bonds. The number of ether oxygens (including phenoxy) is 1. The van der Waals surface area contributed by atoms with E-state index in [1.807, 2.05) is 24.3 Å². The molecule has 1 aromatic rings. The van der Waals surface area contributed by atoms with E-state index in [1.165, 1.54) is 19.3 Å². The van der Waals surface area contributed by atoms with E-state index < -0.39 is 0 Å². The highest BCUT2D eigenvalue weighted by molar-refractivity contribution is 5.79. The zero-order valence-corrected chi connectivity index (χ0v) is 11.4. The molecule has 0 aliphatic rings. The van der Waals surface area contributed by atoms with Gasteiger partial charge in [-0.25, -0.2) is 0 Å². The molecule has 100 valence electrons. The Labute approximate surface area is 110 Å². The molecule has 0 aliphatic heterocycles. The van der Waals surface area contributed by atoms with Gasteiger partial charge in [0.1, 0.15) is 5.75 Å². The molecule has 18 heavy (non-hydrogen) atoms. The van der Waals surface area contributed by atoms with Gasteiger partial charge in [0.25, 0.3) is 0 Å². The van der Waals surface area contributed by atoms with Crippen LogP contribution < -0.4 is 10.1 Å². The molecule has 0 fully saturated rings. The maximum atomic E-state index is 11.7. The van der Waals surface area contributed by atoms with Crippen LogP contribution in [-0.2, 0) is 11.2 Å². The van der Waals surface area contributed by atoms with E-state index in [1.54, 1.807) is 7.11 Å². The first kappa shape index (κ1) is 14.6. The number of hydrogen-bond acceptors (Lipinski definition) is 2. The number of rotatable bonds is 8. The second-order valence-corrected chi connectivity index (χ2v) is 4.40. The van der Waals surface area contributed by atoms with Crippen LogP contribution in [0.15, 0.2) is 24.3 Å². The van der Waals surface area contributed by atoms with Gasteiger partial charge in [0.2, 0.25) is 5.91 Å². The third-order valence-electron chi connectivity index (χ3n) is 2.90. The Hall–Kier alpha value is -1.51. The van der Waals surface area contributed by atoms with Crippen LogP contribution >= 0.6 is 0 Å². The number of carbonyl (C=O) groups excluding carboxylic acids is 1. The van der Waals surface area contributed by atoms with Gasteiger partial charge in [-0.2, -0.15) is 0 Å². The van der Waals surface area contributed by atoms with Gasteiger partial charge >= 0.3 is 0 Å². The minimum atomic E-state index is 0.0657. The summed E-state index contributed by atoms with van der Waals surface area (Å²) in [6.45, 7) is 2.95. The molecular formula is C15H23NO2. The van der Waals surface area contributed by atoms with Gasteiger partial charge in [0.15, 0.2) is 0 Å². The number of carbonyl (C=O) groups is 1. The van der Waals surface area contributed by atoms with Gasteiger partial charge in [-0.1, -0.05) is 44.4 Å². The van der Waals surface area contributed by atoms with Gasteiger partial charge in [-0.15, -0.1) is 0 Å². The molecule has 0 bridgehead atoms. The maximum absolute atomic E-state index is 11.7. The predicted molar refractivity (Wildman–Crippen MR) is 73.8 cm³/mol. The molecule has 0 unspecified atom stereocenters. The van der Waals surface area contributed by atoms with Crippen molar-refractivity contribution in [3.63, 3.8) is 0 Å². The fraction of sp³-hybridized carbons (Fsp3) is 0.533. The van der Waals surface area contributed by atoms with E-state index in [-0.39, 0.29) is 5.91 Å². The van der Waals surface area contributed by atoms with Crippen LogP contribution in [0.1, 0.15) is 38.2 Å². The van der Waals surface area contributed by atoms with Crippen molar-refractivity contribution < 1.29 is 9.53 Å². The number of amides is 1. The van der Waals surface area contributed by atoms with Crippen LogP contribution in [0, 0.1) is 0 Å². The number of nitrogens with one attached hydrogen (secondary N) is 1. The fourth-order valence-electron chi connectivity index (χ4n) is 1.86. The van der Waals surface area contributed by atoms with E-state index in [2.05, 4.69) is 12.2 Å². The summed E-state index contributed by atoms with van der Waals surface area (Å²) >= 11 is 0. The lowest BCUT2D eigenvalue weighted by Crippen LogP contribution is -2.26. The Balaban J connectivity index is 2.31. The number of methoxy groups -OCH3 is 1. The molecule has 1 aromatic carbocycles. The van der Waals surface area contributed by atoms with Crippen LogP contribution in [-0.4, -0.2) is 19.6 Å². The summed E-state index contributed by atoms with van der Waals surface area (Å²) in [4.78, 5) is 11.7. The van der Waals surface area contributed by atoms with Crippen LogP contribution in [0.2, 0.25) is 0 Å². The van der Waals surface area contributed by atoms with Crippen LogP contribution in [0.4, 0.5) is 0 Å². The SMILES string of the molecule is CCCCCCNC(=O)Cc1ccccc1OC. The van der Waals surface area contributed by atoms with Crippen molar-refractivity contribution in [3.05, 3.63) is 29.8 Å². The highest BCUT2D eigenvalue weighted by Crippen LogP contribution is 2.17. The molecule has 0 atom stereocenters. The average Bonchev–Trinajstić information content (AvgIpc) is 2.39. The lowest BCUT2D eigenvalue weighted by Gasteiger charge is -2.08. The molecule has 0 saturated heterocycles. The molecule has 0 spiro atoms. The summed E-state index contributed by atoms with van der Waals surface area (Å²) in [6, 6.07) is 7.64. The zero-order valence-electron chi connectivity index (χ0n) is 11.4. The first-order valence-corrected chi connectivity index (χ1v) is 6.66. The molecule has 0 aliphatic carbocycles. The molecule has 1 rings (SSSR count). The van der Waals surface area contributed by atoms with Crippen molar-refractivity contribution in [1.29, 1.82) is 0 Å². The zero-order chi connectivity index (χ0) is 13.2. The summed E-state index contributed by atoms with van der Waals surface area (Å²) in [5.74, 6) is 0.842. The van der Waals surface area contributed by atoms with E-state index >= 15 is 0 Å². The van der Waals surface area contributed by atoms with Gasteiger partial charge in [0, 0.05) is 12.1 Å². The molecule has 1 N–H and O–H groups in total. The van der Waals surface area contributed by atoms with Crippen molar-refractivity contribution in [2.45, 2.75) is 39.0 Å². The minimum absolute atomic E-state index is 0.0657. The number of benzene rings is 1. The summed E-state index contributed by atoms with van der Waals surface area (Å²) < 4.78 is 5.22. The minimum Gasteiger partial charge on any atom is -0.496 e. The Kier molecular flexibility index (Phi) is 6.92. The normalized spacial score (nSPS) is 10.1. The van der Waals surface area contributed by atoms with E-state index in [0.29, 0.717) is 6.42 Å². The smallest absolute Gasteiger partial charge is 0.224 e. The van der Waals surface area contributed by atoms with Gasteiger partial charge in [-0.05, 0) is 12.5 Å². The largest absolute Gasteiger partial charge is 0.496 e. The Bertz CT molecular complexity index is 363. The highest BCUT2D eigenvalue weighted by Gasteiger charge is 2.07. The fourth-order valence-corrected chi connectivity index (χ4v) is 1.86. The predicted octanol–water partition coefficient (Wildman–Crippen LogP) is 2.93. The van der Waals surface area contributed by atoms with E-state index in [9.17, 15) is 4.79 Å². The number of hydrogen-bond donors (Lipinski definition) is 1. The molecule has 0 radical (unpaired) electrons. The second-order valence-electron chi connectivity index (χ2n) is 4.40. The summed E-state index contributed by atoms with van der Waals surface area (Å²) in [7, 11) is 1.63. The molecular weight excluding hydrogens is 226 g/mol. The molecule has 0 heterocycles. The Morgan fingerprint density at radius 1 is 1.22 bits per heavy atom. The number of unbranched alkanes of at least 4 members (excludes halogenated alkanes) is 3. The number of para-hydroxylation sites is 1. The van der Waals surface area contributed by atoms with Crippen LogP contribution in [0.3, 0.4) is 0 Å². The van der Waals surface area contributed by atoms with Gasteiger partial charge < -0.3 is 10.1 Å². The summed E-state index contributed by atoms with van der Waals surface area (Å²) in [5, 5.41) is 2.95. The summed E-state index contributed by atoms with van der Waals surface area (Å²) in [5.41, 5.74) is 0.936. The van der Waals surface area contributed by atoms with E-state index in [0.717, 1.165) is 24.3 Å². The van der Waals surface area contributed by atoms with Crippen molar-refractivity contribution in [1.82, 2.24) is 5.32 Å². The van der Waals surface area contributed by atoms with Crippen LogP contribution in [0.25, 0.3) is 0 Å². The maximum Gasteiger partial charge on any atom is 0.224 e.